The summed E-state index contributed by atoms with van der Waals surface area (Å²) in [5.74, 6) is 1.87. The average molecular weight is 611 g/mol. The second-order valence-corrected chi connectivity index (χ2v) is 17.1. The third-order valence-electron chi connectivity index (χ3n) is 7.93. The molecule has 0 fully saturated rings. The topological polar surface area (TPSA) is 60.7 Å². The van der Waals surface area contributed by atoms with E-state index < -0.39 is 7.14 Å². The first-order valence-corrected chi connectivity index (χ1v) is 19.4. The lowest BCUT2D eigenvalue weighted by Crippen LogP contribution is -2.04. The quantitative estimate of drug-likeness (QED) is 0.177. The van der Waals surface area contributed by atoms with Crippen LogP contribution in [0.3, 0.4) is 0 Å². The first-order valence-electron chi connectivity index (χ1n) is 14.5. The summed E-state index contributed by atoms with van der Waals surface area (Å²) in [6.07, 6.45) is 0. The number of nitrogens with zero attached hydrogens (tertiary/aromatic N) is 4. The minimum absolute atomic E-state index is 0.283. The molecule has 216 valence electrons. The maximum Gasteiger partial charge on any atom is 0.164 e. The molecule has 2 heterocycles. The Morgan fingerprint density at radius 1 is 0.568 bits per heavy atom. The highest BCUT2D eigenvalue weighted by atomic mass is 31.2. The van der Waals surface area contributed by atoms with Crippen LogP contribution in [0.2, 0.25) is 0 Å². The van der Waals surface area contributed by atoms with E-state index in [0.717, 1.165) is 44.1 Å². The van der Waals surface area contributed by atoms with Crippen LogP contribution < -0.4 is 10.6 Å². The van der Waals surface area contributed by atoms with Gasteiger partial charge in [0.05, 0.1) is 11.0 Å². The third-order valence-corrected chi connectivity index (χ3v) is 10.8. The van der Waals surface area contributed by atoms with E-state index in [1.165, 1.54) is 10.7 Å². The normalized spacial score (nSPS) is 11.9. The zero-order chi connectivity index (χ0) is 30.4. The summed E-state index contributed by atoms with van der Waals surface area (Å²) < 4.78 is 15.5. The Balaban J connectivity index is 1.47. The predicted octanol–water partition coefficient (Wildman–Crippen LogP) is 8.58. The van der Waals surface area contributed by atoms with E-state index in [-0.39, 0.29) is 7.92 Å². The molecule has 7 aromatic rings. The van der Waals surface area contributed by atoms with Gasteiger partial charge in [0.25, 0.3) is 0 Å². The Morgan fingerprint density at radius 3 is 1.66 bits per heavy atom. The van der Waals surface area contributed by atoms with E-state index in [4.69, 9.17) is 15.0 Å². The molecule has 5 nitrogen and oxygen atoms in total. The Morgan fingerprint density at radius 2 is 1.09 bits per heavy atom. The molecule has 5 aromatic carbocycles. The van der Waals surface area contributed by atoms with Gasteiger partial charge in [-0.3, -0.25) is 0 Å². The van der Waals surface area contributed by atoms with Crippen molar-refractivity contribution in [1.82, 2.24) is 19.5 Å². The van der Waals surface area contributed by atoms with Gasteiger partial charge < -0.3 is 9.13 Å². The van der Waals surface area contributed by atoms with Crippen molar-refractivity contribution in [3.8, 4) is 39.9 Å². The van der Waals surface area contributed by atoms with Crippen molar-refractivity contribution in [2.45, 2.75) is 0 Å². The standard InChI is InChI=1S/C37H32N4OP2/c1-43(2)29-18-20-31-32-21-19-30(44(3,4)42)24-34(32)41(33(31)23-29)28-17-11-16-27(22-28)37-39-35(25-12-7-5-8-13-25)38-36(40-37)26-14-9-6-10-15-26/h5-24H,1-4H3. The number of fused-ring (bicyclic) bond motifs is 3. The zero-order valence-corrected chi connectivity index (χ0v) is 26.9. The number of hydrogen-bond donors (Lipinski definition) is 0. The van der Waals surface area contributed by atoms with E-state index >= 15 is 0 Å². The van der Waals surface area contributed by atoms with Crippen molar-refractivity contribution in [3.05, 3.63) is 121 Å². The first-order chi connectivity index (χ1) is 21.3. The number of aromatic nitrogens is 4. The molecule has 0 atom stereocenters. The summed E-state index contributed by atoms with van der Waals surface area (Å²) in [5, 5.41) is 4.53. The summed E-state index contributed by atoms with van der Waals surface area (Å²) in [6, 6.07) is 41.5. The molecule has 44 heavy (non-hydrogen) atoms. The van der Waals surface area contributed by atoms with Gasteiger partial charge in [0, 0.05) is 38.5 Å². The average Bonchev–Trinajstić information content (AvgIpc) is 3.38. The highest BCUT2D eigenvalue weighted by Crippen LogP contribution is 2.39. The van der Waals surface area contributed by atoms with Crippen LogP contribution >= 0.6 is 15.1 Å². The molecule has 7 heteroatoms. The summed E-state index contributed by atoms with van der Waals surface area (Å²) in [5.41, 5.74) is 5.94. The molecule has 0 aliphatic heterocycles. The molecule has 0 N–H and O–H groups in total. The third kappa shape index (κ3) is 5.28. The van der Waals surface area contributed by atoms with Crippen LogP contribution in [0.5, 0.6) is 0 Å². The lowest BCUT2D eigenvalue weighted by Gasteiger charge is -2.13. The summed E-state index contributed by atoms with van der Waals surface area (Å²) >= 11 is 0. The molecule has 0 spiro atoms. The minimum Gasteiger partial charge on any atom is -0.319 e. The largest absolute Gasteiger partial charge is 0.319 e. The van der Waals surface area contributed by atoms with Crippen molar-refractivity contribution < 1.29 is 4.57 Å². The second-order valence-electron chi connectivity index (χ2n) is 11.6. The highest BCUT2D eigenvalue weighted by Gasteiger charge is 2.19. The van der Waals surface area contributed by atoms with E-state index in [1.54, 1.807) is 0 Å². The van der Waals surface area contributed by atoms with Gasteiger partial charge in [-0.2, -0.15) is 0 Å². The molecule has 0 amide bonds. The van der Waals surface area contributed by atoms with Crippen LogP contribution in [0.15, 0.2) is 121 Å². The molecule has 0 aliphatic rings. The molecule has 0 unspecified atom stereocenters. The van der Waals surface area contributed by atoms with Gasteiger partial charge in [-0.15, -0.1) is 0 Å². The van der Waals surface area contributed by atoms with Crippen molar-refractivity contribution in [2.75, 3.05) is 26.7 Å². The van der Waals surface area contributed by atoms with Gasteiger partial charge in [-0.25, -0.2) is 15.0 Å². The van der Waals surface area contributed by atoms with Crippen LogP contribution in [0.4, 0.5) is 0 Å². The van der Waals surface area contributed by atoms with E-state index in [1.807, 2.05) is 80.1 Å². The van der Waals surface area contributed by atoms with Crippen LogP contribution in [0.25, 0.3) is 61.7 Å². The van der Waals surface area contributed by atoms with Gasteiger partial charge in [0.1, 0.15) is 7.14 Å². The lowest BCUT2D eigenvalue weighted by molar-refractivity contribution is 0.588. The monoisotopic (exact) mass is 610 g/mol. The van der Waals surface area contributed by atoms with E-state index in [2.05, 4.69) is 72.5 Å². The van der Waals surface area contributed by atoms with Crippen LogP contribution in [0, 0.1) is 0 Å². The van der Waals surface area contributed by atoms with Crippen LogP contribution in [-0.4, -0.2) is 46.2 Å². The molecule has 0 aliphatic carbocycles. The van der Waals surface area contributed by atoms with Crippen LogP contribution in [-0.2, 0) is 4.57 Å². The Bertz CT molecular complexity index is 2150. The van der Waals surface area contributed by atoms with Gasteiger partial charge >= 0.3 is 0 Å². The maximum absolute atomic E-state index is 13.2. The summed E-state index contributed by atoms with van der Waals surface area (Å²) in [6.45, 7) is 8.22. The fourth-order valence-electron chi connectivity index (χ4n) is 5.61. The summed E-state index contributed by atoms with van der Waals surface area (Å²) in [7, 11) is -2.75. The Kier molecular flexibility index (Phi) is 7.25. The molecule has 7 rings (SSSR count). The van der Waals surface area contributed by atoms with E-state index in [9.17, 15) is 4.57 Å². The van der Waals surface area contributed by atoms with Gasteiger partial charge in [0.2, 0.25) is 0 Å². The first kappa shape index (κ1) is 28.3. The van der Waals surface area contributed by atoms with Crippen molar-refractivity contribution in [2.24, 2.45) is 0 Å². The molecule has 2 aromatic heterocycles. The Hall–Kier alpha value is -4.43. The van der Waals surface area contributed by atoms with Crippen molar-refractivity contribution in [3.63, 3.8) is 0 Å². The lowest BCUT2D eigenvalue weighted by atomic mass is 10.1. The molecule has 0 bridgehead atoms. The smallest absolute Gasteiger partial charge is 0.164 e. The maximum atomic E-state index is 13.2. The fraction of sp³-hybridized carbons (Fsp3) is 0.108. The number of hydrogen-bond acceptors (Lipinski definition) is 4. The number of benzene rings is 5. The summed E-state index contributed by atoms with van der Waals surface area (Å²) in [4.78, 5) is 14.8. The van der Waals surface area contributed by atoms with E-state index in [0.29, 0.717) is 17.5 Å². The zero-order valence-electron chi connectivity index (χ0n) is 25.1. The fourth-order valence-corrected chi connectivity index (χ4v) is 7.23. The number of rotatable bonds is 6. The van der Waals surface area contributed by atoms with Gasteiger partial charge in [-0.05, 0) is 56.2 Å². The predicted molar refractivity (Wildman–Crippen MR) is 188 cm³/mol. The van der Waals surface area contributed by atoms with Crippen molar-refractivity contribution >= 4 is 47.5 Å². The van der Waals surface area contributed by atoms with Crippen LogP contribution in [0.1, 0.15) is 0 Å². The molecule has 0 saturated carbocycles. The second kappa shape index (κ2) is 11.2. The highest BCUT2D eigenvalue weighted by molar-refractivity contribution is 7.70. The van der Waals surface area contributed by atoms with Crippen molar-refractivity contribution in [1.29, 1.82) is 0 Å². The minimum atomic E-state index is -2.47. The molecule has 0 radical (unpaired) electrons. The molecule has 0 saturated heterocycles. The Labute approximate surface area is 258 Å². The van der Waals surface area contributed by atoms with Gasteiger partial charge in [-0.1, -0.05) is 105 Å². The molecular weight excluding hydrogens is 578 g/mol. The molecular formula is C37H32N4OP2. The SMILES string of the molecule is CP(C)c1ccc2c3ccc(P(C)(C)=O)cc3n(-c3cccc(-c4nc(-c5ccccc5)nc(-c5ccccc5)n4)c3)c2c1. The van der Waals surface area contributed by atoms with Gasteiger partial charge in [0.15, 0.2) is 17.5 Å².